The average molecular weight is 1100 g/mol. The lowest BCUT2D eigenvalue weighted by Crippen LogP contribution is -2.30. The maximum atomic E-state index is 2.63. The molecule has 0 aromatic heterocycles. The van der Waals surface area contributed by atoms with Crippen LogP contribution in [0.4, 0.5) is 0 Å². The summed E-state index contributed by atoms with van der Waals surface area (Å²) in [5.41, 5.74) is 32.7. The van der Waals surface area contributed by atoms with Gasteiger partial charge in [-0.15, -0.1) is 0 Å². The molecule has 0 bridgehead atoms. The molecule has 9 aromatic carbocycles. The Morgan fingerprint density at radius 2 is 0.694 bits per heavy atom. The van der Waals surface area contributed by atoms with Crippen molar-refractivity contribution in [3.05, 3.63) is 266 Å². The molecule has 0 radical (unpaired) electrons. The minimum Gasteiger partial charge on any atom is -0.0795 e. The third-order valence-corrected chi connectivity index (χ3v) is 19.4. The molecule has 2 unspecified atom stereocenters. The molecule has 0 saturated heterocycles. The van der Waals surface area contributed by atoms with Crippen molar-refractivity contribution in [1.82, 2.24) is 0 Å². The van der Waals surface area contributed by atoms with Crippen LogP contribution in [0.5, 0.6) is 0 Å². The van der Waals surface area contributed by atoms with E-state index in [1.165, 1.54) is 155 Å². The number of allylic oxidation sites excluding steroid dienone is 9. The smallest absolute Gasteiger partial charge is 0.0205 e. The van der Waals surface area contributed by atoms with Crippen molar-refractivity contribution in [3.8, 4) is 66.8 Å². The van der Waals surface area contributed by atoms with Crippen molar-refractivity contribution in [2.75, 3.05) is 0 Å². The SMILES string of the molecule is CC(C)(C)c1cc(-c2c3c(c(-c4cc(C(C)(C)C)cc(C(C)(C)C)c4)c4c2C2=CC=C5CC=c6c(-c7cccc(-c8ccccc8)c7)c7ccccc7c(-c7cccc(-c8ccccc8)c7)c6=CCC6=CC=C4C2C56)CC=C3)cc(C(C)(C)C)c1. The zero-order valence-electron chi connectivity index (χ0n) is 52.1. The van der Waals surface area contributed by atoms with Crippen LogP contribution in [0.1, 0.15) is 140 Å². The average Bonchev–Trinajstić information content (AvgIpc) is 1.63. The van der Waals surface area contributed by atoms with E-state index < -0.39 is 0 Å². The van der Waals surface area contributed by atoms with E-state index in [4.69, 9.17) is 0 Å². The first-order chi connectivity index (χ1) is 40.7. The molecule has 85 heavy (non-hydrogen) atoms. The van der Waals surface area contributed by atoms with E-state index in [1.807, 2.05) is 0 Å². The second kappa shape index (κ2) is 20.2. The van der Waals surface area contributed by atoms with Gasteiger partial charge in [0.05, 0.1) is 0 Å². The summed E-state index contributed by atoms with van der Waals surface area (Å²) in [7, 11) is 0. The molecule has 0 spiro atoms. The van der Waals surface area contributed by atoms with Crippen LogP contribution in [0.25, 0.3) is 107 Å². The Kier molecular flexibility index (Phi) is 13.0. The van der Waals surface area contributed by atoms with E-state index in [0.717, 1.165) is 19.3 Å². The summed E-state index contributed by atoms with van der Waals surface area (Å²) in [6, 6.07) is 64.9. The first kappa shape index (κ1) is 54.6. The standard InChI is InChI=1S/C85H80/c1-82(2,3)62-46-60(47-63(50-62)83(4,5)6)77-68-34-23-35-69(68)78(61-48-64(84(7,8)9)51-65(49-61)85(10,11)12)81-73-43-39-55-37-41-71-70(40-36-54-38-42-72(80(77)81)79(73)74(54)55)75(58-30-21-28-56(44-58)52-24-15-13-16-25-52)66-32-19-20-33-67(66)76(71)59-31-22-29-57(45-59)53-26-17-14-18-27-53/h13-34,38-51,74,79H,35-37H2,1-12H3. The summed E-state index contributed by atoms with van der Waals surface area (Å²) in [4.78, 5) is 0. The van der Waals surface area contributed by atoms with Crippen molar-refractivity contribution in [1.29, 1.82) is 0 Å². The van der Waals surface area contributed by atoms with Gasteiger partial charge in [0.1, 0.15) is 0 Å². The van der Waals surface area contributed by atoms with Gasteiger partial charge in [0.15, 0.2) is 0 Å². The molecule has 2 atom stereocenters. The van der Waals surface area contributed by atoms with Gasteiger partial charge >= 0.3 is 0 Å². The molecule has 9 aromatic rings. The summed E-state index contributed by atoms with van der Waals surface area (Å²) < 4.78 is 0. The fraction of sp³-hybridized carbons (Fsp3) is 0.247. The van der Waals surface area contributed by atoms with Crippen LogP contribution in [-0.4, -0.2) is 0 Å². The van der Waals surface area contributed by atoms with Gasteiger partial charge in [-0.2, -0.15) is 0 Å². The largest absolute Gasteiger partial charge is 0.0795 e. The van der Waals surface area contributed by atoms with Gasteiger partial charge < -0.3 is 0 Å². The Morgan fingerprint density at radius 1 is 0.306 bits per heavy atom. The van der Waals surface area contributed by atoms with Gasteiger partial charge in [0.25, 0.3) is 0 Å². The second-order valence-electron chi connectivity index (χ2n) is 29.1. The van der Waals surface area contributed by atoms with Gasteiger partial charge in [0.2, 0.25) is 0 Å². The van der Waals surface area contributed by atoms with Gasteiger partial charge in [-0.1, -0.05) is 301 Å². The zero-order chi connectivity index (χ0) is 58.9. The summed E-state index contributed by atoms with van der Waals surface area (Å²) in [5, 5.41) is 5.19. The Hall–Kier alpha value is -8.32. The molecule has 420 valence electrons. The topological polar surface area (TPSA) is 0 Å². The number of fused-ring (bicyclic) bond motifs is 6. The Morgan fingerprint density at radius 3 is 1.13 bits per heavy atom. The third-order valence-electron chi connectivity index (χ3n) is 19.4. The quantitative estimate of drug-likeness (QED) is 0.156. The molecule has 5 aliphatic carbocycles. The van der Waals surface area contributed by atoms with Gasteiger partial charge in [-0.05, 0) is 197 Å². The lowest BCUT2D eigenvalue weighted by Gasteiger charge is -2.35. The Bertz CT molecular complexity index is 4480. The maximum absolute atomic E-state index is 2.63. The zero-order valence-corrected chi connectivity index (χ0v) is 52.1. The minimum absolute atomic E-state index is 0.0305. The Balaban J connectivity index is 1.05. The molecule has 14 rings (SSSR count). The second-order valence-corrected chi connectivity index (χ2v) is 29.1. The van der Waals surface area contributed by atoms with E-state index >= 15 is 0 Å². The molecular formula is C85H80. The van der Waals surface area contributed by atoms with Gasteiger partial charge in [0, 0.05) is 11.8 Å². The van der Waals surface area contributed by atoms with E-state index in [1.54, 1.807) is 0 Å². The summed E-state index contributed by atoms with van der Waals surface area (Å²) >= 11 is 0. The van der Waals surface area contributed by atoms with Crippen LogP contribution in [0.15, 0.2) is 211 Å². The van der Waals surface area contributed by atoms with Crippen molar-refractivity contribution in [3.63, 3.8) is 0 Å². The first-order valence-corrected chi connectivity index (χ1v) is 31.3. The highest BCUT2D eigenvalue weighted by Gasteiger charge is 2.47. The van der Waals surface area contributed by atoms with Crippen molar-refractivity contribution >= 4 is 40.1 Å². The van der Waals surface area contributed by atoms with Crippen molar-refractivity contribution in [2.45, 2.75) is 124 Å². The molecule has 0 nitrogen and oxygen atoms in total. The summed E-state index contributed by atoms with van der Waals surface area (Å²) in [6.07, 6.45) is 23.1. The summed E-state index contributed by atoms with van der Waals surface area (Å²) in [6.45, 7) is 28.6. The number of benzene rings is 9. The highest BCUT2D eigenvalue weighted by molar-refractivity contribution is 6.11. The highest BCUT2D eigenvalue weighted by Crippen LogP contribution is 2.63. The van der Waals surface area contributed by atoms with Crippen molar-refractivity contribution in [2.24, 2.45) is 11.8 Å². The van der Waals surface area contributed by atoms with E-state index in [0.29, 0.717) is 0 Å². The molecule has 0 amide bonds. The van der Waals surface area contributed by atoms with E-state index in [2.05, 4.69) is 302 Å². The predicted molar refractivity (Wildman–Crippen MR) is 367 cm³/mol. The number of hydrogen-bond donors (Lipinski definition) is 0. The minimum atomic E-state index is -0.0329. The fourth-order valence-electron chi connectivity index (χ4n) is 14.8. The molecule has 0 heterocycles. The predicted octanol–water partition coefficient (Wildman–Crippen LogP) is 21.5. The Labute approximate surface area is 506 Å². The molecule has 0 N–H and O–H groups in total. The van der Waals surface area contributed by atoms with Crippen LogP contribution in [0.2, 0.25) is 0 Å². The fourth-order valence-corrected chi connectivity index (χ4v) is 14.8. The number of rotatable bonds is 6. The lowest BCUT2D eigenvalue weighted by atomic mass is 9.68. The van der Waals surface area contributed by atoms with E-state index in [9.17, 15) is 0 Å². The lowest BCUT2D eigenvalue weighted by molar-refractivity contribution is 0.568. The maximum Gasteiger partial charge on any atom is 0.0205 e. The third kappa shape index (κ3) is 9.43. The van der Waals surface area contributed by atoms with Crippen LogP contribution >= 0.6 is 0 Å². The molecule has 0 saturated carbocycles. The summed E-state index contributed by atoms with van der Waals surface area (Å²) in [5.74, 6) is 0.368. The molecule has 0 fully saturated rings. The highest BCUT2D eigenvalue weighted by atomic mass is 14.5. The monoisotopic (exact) mass is 1100 g/mol. The molecule has 0 heteroatoms. The van der Waals surface area contributed by atoms with Gasteiger partial charge in [-0.3, -0.25) is 0 Å². The van der Waals surface area contributed by atoms with Crippen LogP contribution in [-0.2, 0) is 28.1 Å². The van der Waals surface area contributed by atoms with E-state index in [-0.39, 0.29) is 33.5 Å². The first-order valence-electron chi connectivity index (χ1n) is 31.3. The van der Waals surface area contributed by atoms with Crippen molar-refractivity contribution < 1.29 is 0 Å². The normalized spacial score (nSPS) is 17.0. The van der Waals surface area contributed by atoms with Crippen LogP contribution < -0.4 is 10.4 Å². The van der Waals surface area contributed by atoms with Crippen LogP contribution in [0.3, 0.4) is 0 Å². The van der Waals surface area contributed by atoms with Crippen LogP contribution in [0, 0.1) is 11.8 Å². The van der Waals surface area contributed by atoms with Gasteiger partial charge in [-0.25, -0.2) is 0 Å². The molecular weight excluding hydrogens is 1020 g/mol. The molecule has 0 aliphatic heterocycles. The molecule has 5 aliphatic rings. The number of hydrogen-bond acceptors (Lipinski definition) is 0.